The molecule has 6 nitrogen and oxygen atoms in total. The second-order valence-electron chi connectivity index (χ2n) is 7.75. The van der Waals surface area contributed by atoms with E-state index in [-0.39, 0.29) is 12.3 Å². The zero-order valence-corrected chi connectivity index (χ0v) is 16.6. The number of aliphatic hydroxyl groups is 1. The van der Waals surface area contributed by atoms with Crippen molar-refractivity contribution in [2.45, 2.75) is 46.6 Å². The second-order valence-corrected chi connectivity index (χ2v) is 7.75. The van der Waals surface area contributed by atoms with Crippen LogP contribution in [0.15, 0.2) is 30.5 Å². The van der Waals surface area contributed by atoms with Gasteiger partial charge in [-0.15, -0.1) is 10.2 Å². The number of pyridine rings is 1. The summed E-state index contributed by atoms with van der Waals surface area (Å²) in [4.78, 5) is 12.1. The van der Waals surface area contributed by atoms with Gasteiger partial charge in [-0.3, -0.25) is 9.20 Å². The molecule has 0 aliphatic rings. The number of carboxylic acid groups (broad SMARTS) is 1. The summed E-state index contributed by atoms with van der Waals surface area (Å²) >= 11 is 0. The van der Waals surface area contributed by atoms with Gasteiger partial charge in [0, 0.05) is 12.1 Å². The molecule has 0 fully saturated rings. The van der Waals surface area contributed by atoms with Crippen molar-refractivity contribution in [2.24, 2.45) is 5.41 Å². The molecule has 29 heavy (non-hydrogen) atoms. The second kappa shape index (κ2) is 7.51. The SMILES string of the molecule is Cc1ccc(C(c2ccn3c(C(F)F)nnc3c2C)C(C)(C)C(=O)O)cc1CO. The minimum absolute atomic E-state index is 0.167. The smallest absolute Gasteiger partial charge is 0.310 e. The Kier molecular flexibility index (Phi) is 5.40. The van der Waals surface area contributed by atoms with E-state index in [0.717, 1.165) is 5.56 Å². The maximum absolute atomic E-state index is 13.2. The number of hydrogen-bond acceptors (Lipinski definition) is 4. The van der Waals surface area contributed by atoms with E-state index in [1.807, 2.05) is 19.1 Å². The van der Waals surface area contributed by atoms with Gasteiger partial charge in [-0.2, -0.15) is 0 Å². The van der Waals surface area contributed by atoms with Crippen LogP contribution < -0.4 is 0 Å². The largest absolute Gasteiger partial charge is 0.481 e. The number of aromatic nitrogens is 3. The Morgan fingerprint density at radius 2 is 1.90 bits per heavy atom. The number of aliphatic carboxylic acids is 1. The molecule has 0 saturated heterocycles. The fourth-order valence-electron chi connectivity index (χ4n) is 3.73. The number of alkyl halides is 2. The molecule has 3 rings (SSSR count). The molecule has 3 aromatic rings. The van der Waals surface area contributed by atoms with Crippen LogP contribution in [-0.2, 0) is 11.4 Å². The fourth-order valence-corrected chi connectivity index (χ4v) is 3.73. The highest BCUT2D eigenvalue weighted by Gasteiger charge is 2.40. The van der Waals surface area contributed by atoms with Gasteiger partial charge < -0.3 is 10.2 Å². The number of hydrogen-bond donors (Lipinski definition) is 2. The summed E-state index contributed by atoms with van der Waals surface area (Å²) in [5.41, 5.74) is 2.61. The molecular weight excluding hydrogens is 380 g/mol. The Morgan fingerprint density at radius 3 is 2.48 bits per heavy atom. The van der Waals surface area contributed by atoms with Gasteiger partial charge in [0.15, 0.2) is 5.65 Å². The van der Waals surface area contributed by atoms with Crippen molar-refractivity contribution < 1.29 is 23.8 Å². The maximum Gasteiger partial charge on any atom is 0.310 e. The predicted octanol–water partition coefficient (Wildman–Crippen LogP) is 4.02. The Hall–Kier alpha value is -2.87. The van der Waals surface area contributed by atoms with Gasteiger partial charge in [-0.05, 0) is 61.6 Å². The first-order chi connectivity index (χ1) is 13.6. The van der Waals surface area contributed by atoms with Crippen molar-refractivity contribution in [3.63, 3.8) is 0 Å². The van der Waals surface area contributed by atoms with E-state index in [1.165, 1.54) is 10.6 Å². The lowest BCUT2D eigenvalue weighted by molar-refractivity contribution is -0.147. The van der Waals surface area contributed by atoms with Crippen LogP contribution in [0.3, 0.4) is 0 Å². The predicted molar refractivity (Wildman–Crippen MR) is 103 cm³/mol. The number of aryl methyl sites for hydroxylation is 2. The van der Waals surface area contributed by atoms with Gasteiger partial charge in [0.1, 0.15) is 0 Å². The molecule has 0 saturated carbocycles. The molecule has 1 atom stereocenters. The van der Waals surface area contributed by atoms with Gasteiger partial charge in [0.2, 0.25) is 5.82 Å². The molecule has 8 heteroatoms. The maximum atomic E-state index is 13.2. The van der Waals surface area contributed by atoms with Crippen LogP contribution >= 0.6 is 0 Å². The van der Waals surface area contributed by atoms with Gasteiger partial charge in [0.25, 0.3) is 6.43 Å². The molecule has 0 amide bonds. The Morgan fingerprint density at radius 1 is 1.21 bits per heavy atom. The van der Waals surface area contributed by atoms with E-state index < -0.39 is 29.6 Å². The first kappa shape index (κ1) is 20.9. The molecule has 2 aromatic heterocycles. The van der Waals surface area contributed by atoms with E-state index in [2.05, 4.69) is 10.2 Å². The molecule has 2 N–H and O–H groups in total. The summed E-state index contributed by atoms with van der Waals surface area (Å²) in [6.45, 7) is 6.67. The summed E-state index contributed by atoms with van der Waals surface area (Å²) < 4.78 is 27.6. The third-order valence-corrected chi connectivity index (χ3v) is 5.55. The van der Waals surface area contributed by atoms with Gasteiger partial charge >= 0.3 is 5.97 Å². The highest BCUT2D eigenvalue weighted by molar-refractivity contribution is 5.77. The summed E-state index contributed by atoms with van der Waals surface area (Å²) in [6.07, 6.45) is -1.32. The third-order valence-electron chi connectivity index (χ3n) is 5.55. The molecule has 0 radical (unpaired) electrons. The van der Waals surface area contributed by atoms with Crippen LogP contribution in [-0.4, -0.2) is 30.8 Å². The van der Waals surface area contributed by atoms with Gasteiger partial charge in [-0.25, -0.2) is 8.78 Å². The molecule has 1 aromatic carbocycles. The van der Waals surface area contributed by atoms with Crippen LogP contribution in [0.1, 0.15) is 59.8 Å². The van der Waals surface area contributed by atoms with E-state index in [0.29, 0.717) is 22.3 Å². The van der Waals surface area contributed by atoms with Crippen LogP contribution in [0.4, 0.5) is 8.78 Å². The number of carbonyl (C=O) groups is 1. The zero-order valence-electron chi connectivity index (χ0n) is 16.6. The molecule has 0 spiro atoms. The minimum Gasteiger partial charge on any atom is -0.481 e. The molecule has 1 unspecified atom stereocenters. The average molecular weight is 403 g/mol. The lowest BCUT2D eigenvalue weighted by atomic mass is 9.70. The van der Waals surface area contributed by atoms with E-state index in [1.54, 1.807) is 32.9 Å². The van der Waals surface area contributed by atoms with Gasteiger partial charge in [0.05, 0.1) is 12.0 Å². The molecule has 0 aliphatic carbocycles. The summed E-state index contributed by atoms with van der Waals surface area (Å²) in [5, 5.41) is 27.0. The van der Waals surface area contributed by atoms with Crippen LogP contribution in [0.5, 0.6) is 0 Å². The van der Waals surface area contributed by atoms with Crippen molar-refractivity contribution in [1.82, 2.24) is 14.6 Å². The van der Waals surface area contributed by atoms with Crippen LogP contribution in [0.2, 0.25) is 0 Å². The normalized spacial score (nSPS) is 13.2. The number of rotatable bonds is 6. The highest BCUT2D eigenvalue weighted by Crippen LogP contribution is 2.43. The molecule has 0 bridgehead atoms. The fraction of sp³-hybridized carbons (Fsp3) is 0.381. The average Bonchev–Trinajstić information content (AvgIpc) is 3.10. The Balaban J connectivity index is 2.28. The van der Waals surface area contributed by atoms with Crippen molar-refractivity contribution in [2.75, 3.05) is 0 Å². The standard InChI is InChI=1S/C21H23F2N3O3/c1-11-5-6-13(9-14(11)10-27)16(21(3,4)20(28)29)15-7-8-26-18(12(15)2)24-25-19(26)17(22)23/h5-9,16-17,27H,10H2,1-4H3,(H,28,29). The molecule has 154 valence electrons. The minimum atomic E-state index is -2.77. The number of nitrogens with zero attached hydrogens (tertiary/aromatic N) is 3. The topological polar surface area (TPSA) is 87.7 Å². The van der Waals surface area contributed by atoms with Crippen molar-refractivity contribution >= 4 is 11.6 Å². The first-order valence-corrected chi connectivity index (χ1v) is 9.15. The van der Waals surface area contributed by atoms with Crippen LogP contribution in [0, 0.1) is 19.3 Å². The zero-order chi connectivity index (χ0) is 21.5. The highest BCUT2D eigenvalue weighted by atomic mass is 19.3. The third kappa shape index (κ3) is 3.48. The monoisotopic (exact) mass is 403 g/mol. The number of aliphatic hydroxyl groups excluding tert-OH is 1. The lowest BCUT2D eigenvalue weighted by Crippen LogP contribution is -2.32. The van der Waals surface area contributed by atoms with Crippen molar-refractivity contribution in [3.8, 4) is 0 Å². The van der Waals surface area contributed by atoms with E-state index in [4.69, 9.17) is 0 Å². The molecular formula is C21H23F2N3O3. The molecule has 0 aliphatic heterocycles. The van der Waals surface area contributed by atoms with Crippen molar-refractivity contribution in [1.29, 1.82) is 0 Å². The molecule has 2 heterocycles. The van der Waals surface area contributed by atoms with Crippen molar-refractivity contribution in [3.05, 3.63) is 64.1 Å². The summed E-state index contributed by atoms with van der Waals surface area (Å²) in [5.74, 6) is -2.05. The van der Waals surface area contributed by atoms with E-state index in [9.17, 15) is 23.8 Å². The first-order valence-electron chi connectivity index (χ1n) is 9.15. The lowest BCUT2D eigenvalue weighted by Gasteiger charge is -2.33. The number of fused-ring (bicyclic) bond motifs is 1. The Bertz CT molecular complexity index is 1080. The summed E-state index contributed by atoms with van der Waals surface area (Å²) in [6, 6.07) is 7.11. The number of halogens is 2. The Labute approximate surface area is 166 Å². The summed E-state index contributed by atoms with van der Waals surface area (Å²) in [7, 11) is 0. The van der Waals surface area contributed by atoms with Crippen LogP contribution in [0.25, 0.3) is 5.65 Å². The quantitative estimate of drug-likeness (QED) is 0.649. The van der Waals surface area contributed by atoms with Gasteiger partial charge in [-0.1, -0.05) is 18.2 Å². The number of benzene rings is 1. The number of carboxylic acids is 1. The van der Waals surface area contributed by atoms with E-state index >= 15 is 0 Å².